The maximum Gasteiger partial charge on any atom is 0.410 e. The van der Waals surface area contributed by atoms with Crippen LogP contribution >= 0.6 is 11.6 Å². The fourth-order valence-electron chi connectivity index (χ4n) is 4.58. The summed E-state index contributed by atoms with van der Waals surface area (Å²) in [5.74, 6) is -0.208. The Labute approximate surface area is 227 Å². The minimum absolute atomic E-state index is 0.0304. The Morgan fingerprint density at radius 1 is 1.31 bits per heavy atom. The van der Waals surface area contributed by atoms with Crippen LogP contribution in [-0.2, 0) is 11.3 Å². The molecular weight excluding hydrogens is 536 g/mol. The quantitative estimate of drug-likeness (QED) is 0.404. The van der Waals surface area contributed by atoms with Gasteiger partial charge in [0, 0.05) is 48.8 Å². The first kappa shape index (κ1) is 26.7. The van der Waals surface area contributed by atoms with Gasteiger partial charge in [0.1, 0.15) is 29.7 Å². The van der Waals surface area contributed by atoms with Gasteiger partial charge in [-0.2, -0.15) is 13.9 Å². The maximum atomic E-state index is 13.3. The highest BCUT2D eigenvalue weighted by atomic mass is 35.5. The van der Waals surface area contributed by atoms with Gasteiger partial charge in [0.05, 0.1) is 18.8 Å². The summed E-state index contributed by atoms with van der Waals surface area (Å²) in [4.78, 5) is 31.3. The Morgan fingerprint density at radius 3 is 2.82 bits per heavy atom. The minimum atomic E-state index is -2.84. The zero-order chi connectivity index (χ0) is 27.5. The number of rotatable bonds is 9. The van der Waals surface area contributed by atoms with Crippen molar-refractivity contribution in [3.8, 4) is 22.9 Å². The number of carbonyl (C=O) groups excluding carboxylic acids is 2. The summed E-state index contributed by atoms with van der Waals surface area (Å²) >= 11 is 5.94. The maximum absolute atomic E-state index is 13.3. The lowest BCUT2D eigenvalue weighted by atomic mass is 10.0. The first-order valence-electron chi connectivity index (χ1n) is 12.5. The van der Waals surface area contributed by atoms with Crippen LogP contribution in [0.3, 0.4) is 0 Å². The highest BCUT2D eigenvalue weighted by Crippen LogP contribution is 2.36. The van der Waals surface area contributed by atoms with E-state index in [-0.39, 0.29) is 66.4 Å². The minimum Gasteiger partial charge on any atom is -0.488 e. The van der Waals surface area contributed by atoms with Crippen LogP contribution in [-0.4, -0.2) is 63.6 Å². The standard InChI is InChI=1S/C26H26ClF2N5O5/c1-2-37-24-20(23(35)30-11-15-3-5-17(27)6-4-15)10-21(22(32-24)16-12-31-34(13-16)25(28)29)39-19-7-8-33-18(9-19)14-38-26(33)36/h3-6,10,12-13,18-19,25H,2,7-9,11,14H2,1H3,(H,30,35)/t18-,19-/m0/s1. The van der Waals surface area contributed by atoms with Crippen LogP contribution in [0.1, 0.15) is 42.2 Å². The summed E-state index contributed by atoms with van der Waals surface area (Å²) in [5.41, 5.74) is 1.45. The molecular formula is C26H26ClF2N5O5. The lowest BCUT2D eigenvalue weighted by Gasteiger charge is -2.32. The lowest BCUT2D eigenvalue weighted by Crippen LogP contribution is -2.44. The molecule has 2 amide bonds. The molecule has 1 N–H and O–H groups in total. The van der Waals surface area contributed by atoms with Crippen molar-refractivity contribution in [2.75, 3.05) is 19.8 Å². The van der Waals surface area contributed by atoms with Crippen LogP contribution < -0.4 is 14.8 Å². The summed E-state index contributed by atoms with van der Waals surface area (Å²) < 4.78 is 44.2. The molecule has 0 radical (unpaired) electrons. The third-order valence-corrected chi connectivity index (χ3v) is 6.77. The number of aromatic nitrogens is 3. The number of ether oxygens (including phenoxy) is 3. The topological polar surface area (TPSA) is 108 Å². The molecule has 2 fully saturated rings. The predicted molar refractivity (Wildman–Crippen MR) is 136 cm³/mol. The molecule has 3 aromatic rings. The van der Waals surface area contributed by atoms with E-state index in [2.05, 4.69) is 15.4 Å². The third-order valence-electron chi connectivity index (χ3n) is 6.51. The molecule has 2 saturated heterocycles. The van der Waals surface area contributed by atoms with Crippen molar-refractivity contribution >= 4 is 23.6 Å². The molecule has 2 aliphatic rings. The number of nitrogens with one attached hydrogen (secondary N) is 1. The molecule has 0 bridgehead atoms. The van der Waals surface area contributed by atoms with Crippen molar-refractivity contribution in [1.82, 2.24) is 25.0 Å². The molecule has 0 saturated carbocycles. The van der Waals surface area contributed by atoms with Crippen LogP contribution in [0.25, 0.3) is 11.3 Å². The van der Waals surface area contributed by atoms with Gasteiger partial charge in [-0.05, 0) is 24.6 Å². The Balaban J connectivity index is 1.46. The number of hydrogen-bond acceptors (Lipinski definition) is 7. The van der Waals surface area contributed by atoms with E-state index in [9.17, 15) is 18.4 Å². The number of carbonyl (C=O) groups is 2. The number of amides is 2. The normalized spacial score (nSPS) is 18.6. The van der Waals surface area contributed by atoms with Crippen molar-refractivity contribution in [3.63, 3.8) is 0 Å². The Hall–Kier alpha value is -3.93. The van der Waals surface area contributed by atoms with E-state index in [1.165, 1.54) is 12.3 Å². The number of cyclic esters (lactones) is 1. The lowest BCUT2D eigenvalue weighted by molar-refractivity contribution is 0.0566. The van der Waals surface area contributed by atoms with Crippen LogP contribution in [0.4, 0.5) is 13.6 Å². The number of halogens is 3. The highest BCUT2D eigenvalue weighted by Gasteiger charge is 2.39. The molecule has 206 valence electrons. The first-order valence-corrected chi connectivity index (χ1v) is 12.8. The largest absolute Gasteiger partial charge is 0.488 e. The average molecular weight is 562 g/mol. The van der Waals surface area contributed by atoms with Crippen molar-refractivity contribution in [2.45, 2.75) is 45.0 Å². The fraction of sp³-hybridized carbons (Fsp3) is 0.385. The molecule has 0 unspecified atom stereocenters. The summed E-state index contributed by atoms with van der Waals surface area (Å²) in [7, 11) is 0. The summed E-state index contributed by atoms with van der Waals surface area (Å²) in [6.07, 6.45) is 2.76. The molecule has 0 aliphatic carbocycles. The molecule has 1 aromatic carbocycles. The number of benzene rings is 1. The van der Waals surface area contributed by atoms with E-state index < -0.39 is 12.5 Å². The molecule has 13 heteroatoms. The fourth-order valence-corrected chi connectivity index (χ4v) is 4.71. The van der Waals surface area contributed by atoms with Gasteiger partial charge in [0.25, 0.3) is 5.91 Å². The Bertz CT molecular complexity index is 1350. The SMILES string of the molecule is CCOc1nc(-c2cnn(C(F)F)c2)c(O[C@H]2CCN3C(=O)OC[C@@H]3C2)cc1C(=O)NCc1ccc(Cl)cc1. The molecule has 2 atom stereocenters. The zero-order valence-electron chi connectivity index (χ0n) is 21.0. The summed E-state index contributed by atoms with van der Waals surface area (Å²) in [5, 5.41) is 7.14. The first-order chi connectivity index (χ1) is 18.8. The van der Waals surface area contributed by atoms with Crippen molar-refractivity contribution < 1.29 is 32.6 Å². The summed E-state index contributed by atoms with van der Waals surface area (Å²) in [6.45, 7) is 0.0767. The van der Waals surface area contributed by atoms with E-state index in [4.69, 9.17) is 25.8 Å². The van der Waals surface area contributed by atoms with Gasteiger partial charge in [-0.1, -0.05) is 23.7 Å². The smallest absolute Gasteiger partial charge is 0.410 e. The van der Waals surface area contributed by atoms with E-state index >= 15 is 0 Å². The molecule has 2 aromatic heterocycles. The van der Waals surface area contributed by atoms with Crippen molar-refractivity contribution in [3.05, 3.63) is 58.9 Å². The van der Waals surface area contributed by atoms with E-state index in [1.54, 1.807) is 36.1 Å². The zero-order valence-corrected chi connectivity index (χ0v) is 21.7. The third kappa shape index (κ3) is 5.90. The van der Waals surface area contributed by atoms with Crippen molar-refractivity contribution in [1.29, 1.82) is 0 Å². The molecule has 5 rings (SSSR count). The van der Waals surface area contributed by atoms with Gasteiger partial charge in [-0.25, -0.2) is 14.5 Å². The number of nitrogens with zero attached hydrogens (tertiary/aromatic N) is 4. The van der Waals surface area contributed by atoms with E-state index in [1.807, 2.05) is 0 Å². The van der Waals surface area contributed by atoms with Gasteiger partial charge >= 0.3 is 12.6 Å². The number of fused-ring (bicyclic) bond motifs is 1. The van der Waals surface area contributed by atoms with Gasteiger partial charge < -0.3 is 24.4 Å². The highest BCUT2D eigenvalue weighted by molar-refractivity contribution is 6.30. The second-order valence-electron chi connectivity index (χ2n) is 9.11. The van der Waals surface area contributed by atoms with Crippen LogP contribution in [0, 0.1) is 0 Å². The predicted octanol–water partition coefficient (Wildman–Crippen LogP) is 4.68. The molecule has 4 heterocycles. The van der Waals surface area contributed by atoms with Gasteiger partial charge in [0.2, 0.25) is 5.88 Å². The second kappa shape index (κ2) is 11.4. The number of hydrogen-bond donors (Lipinski definition) is 1. The van der Waals surface area contributed by atoms with Crippen LogP contribution in [0.5, 0.6) is 11.6 Å². The number of piperidine rings is 1. The van der Waals surface area contributed by atoms with Crippen molar-refractivity contribution in [2.24, 2.45) is 0 Å². The van der Waals surface area contributed by atoms with E-state index in [0.29, 0.717) is 29.1 Å². The van der Waals surface area contributed by atoms with Gasteiger partial charge in [-0.15, -0.1) is 0 Å². The molecule has 39 heavy (non-hydrogen) atoms. The number of pyridine rings is 1. The summed E-state index contributed by atoms with van der Waals surface area (Å²) in [6, 6.07) is 8.43. The molecule has 10 nitrogen and oxygen atoms in total. The Kier molecular flexibility index (Phi) is 7.82. The number of alkyl halides is 2. The van der Waals surface area contributed by atoms with Crippen LogP contribution in [0.15, 0.2) is 42.7 Å². The second-order valence-corrected chi connectivity index (χ2v) is 9.54. The van der Waals surface area contributed by atoms with E-state index in [0.717, 1.165) is 11.8 Å². The Morgan fingerprint density at radius 2 is 2.10 bits per heavy atom. The van der Waals surface area contributed by atoms with Gasteiger partial charge in [-0.3, -0.25) is 4.79 Å². The van der Waals surface area contributed by atoms with Gasteiger partial charge in [0.15, 0.2) is 0 Å². The molecule has 0 spiro atoms. The average Bonchev–Trinajstić information content (AvgIpc) is 3.56. The molecule has 2 aliphatic heterocycles. The van der Waals surface area contributed by atoms with Crippen LogP contribution in [0.2, 0.25) is 5.02 Å². The monoisotopic (exact) mass is 561 g/mol.